The molecule has 0 bridgehead atoms. The van der Waals surface area contributed by atoms with Crippen LogP contribution in [-0.4, -0.2) is 22.6 Å². The first-order valence-electron chi connectivity index (χ1n) is 7.29. The lowest BCUT2D eigenvalue weighted by molar-refractivity contribution is 0.395. The lowest BCUT2D eigenvalue weighted by Gasteiger charge is -2.19. The smallest absolute Gasteiger partial charge is 0.241 e. The monoisotopic (exact) mass is 413 g/mol. The van der Waals surface area contributed by atoms with Crippen LogP contribution in [0, 0.1) is 6.92 Å². The summed E-state index contributed by atoms with van der Waals surface area (Å²) < 4.78 is 39.4. The summed E-state index contributed by atoms with van der Waals surface area (Å²) in [6.45, 7) is 3.53. The molecule has 0 fully saturated rings. The fourth-order valence-corrected chi connectivity index (χ4v) is 4.41. The van der Waals surface area contributed by atoms with E-state index in [0.29, 0.717) is 27.1 Å². The van der Waals surface area contributed by atoms with Crippen LogP contribution in [0.15, 0.2) is 45.8 Å². The van der Waals surface area contributed by atoms with E-state index < -0.39 is 16.1 Å². The highest BCUT2D eigenvalue weighted by molar-refractivity contribution is 9.10. The molecule has 1 atom stereocenters. The van der Waals surface area contributed by atoms with Crippen LogP contribution in [0.3, 0.4) is 0 Å². The van der Waals surface area contributed by atoms with E-state index in [4.69, 9.17) is 9.47 Å². The van der Waals surface area contributed by atoms with Crippen LogP contribution >= 0.6 is 15.9 Å². The van der Waals surface area contributed by atoms with Crippen LogP contribution in [0.5, 0.6) is 11.5 Å². The van der Waals surface area contributed by atoms with Crippen LogP contribution in [-0.2, 0) is 10.0 Å². The summed E-state index contributed by atoms with van der Waals surface area (Å²) in [6.07, 6.45) is 0. The van der Waals surface area contributed by atoms with Gasteiger partial charge in [-0.05, 0) is 49.7 Å². The number of hydrogen-bond acceptors (Lipinski definition) is 4. The van der Waals surface area contributed by atoms with Crippen LogP contribution in [0.2, 0.25) is 0 Å². The number of ether oxygens (including phenoxy) is 2. The average Bonchev–Trinajstić information content (AvgIpc) is 2.55. The number of aryl methyl sites for hydroxylation is 1. The second-order valence-corrected chi connectivity index (χ2v) is 7.96. The third-order valence-electron chi connectivity index (χ3n) is 3.68. The van der Waals surface area contributed by atoms with E-state index in [-0.39, 0.29) is 4.90 Å². The molecule has 0 aliphatic rings. The van der Waals surface area contributed by atoms with Gasteiger partial charge >= 0.3 is 0 Å². The molecule has 2 aromatic rings. The number of rotatable bonds is 6. The van der Waals surface area contributed by atoms with E-state index in [1.54, 1.807) is 58.4 Å². The minimum Gasteiger partial charge on any atom is -0.497 e. The van der Waals surface area contributed by atoms with Crippen LogP contribution in [0.25, 0.3) is 0 Å². The molecule has 7 heteroatoms. The van der Waals surface area contributed by atoms with E-state index in [2.05, 4.69) is 20.7 Å². The van der Waals surface area contributed by atoms with Crippen molar-refractivity contribution < 1.29 is 17.9 Å². The fraction of sp³-hybridized carbons (Fsp3) is 0.294. The SMILES string of the molecule is COc1ccc(OC)c([C@@H](C)NS(=O)(=O)c2cc(Br)ccc2C)c1. The van der Waals surface area contributed by atoms with Gasteiger partial charge in [-0.15, -0.1) is 0 Å². The molecule has 130 valence electrons. The molecule has 5 nitrogen and oxygen atoms in total. The standard InChI is InChI=1S/C17H20BrNO4S/c1-11-5-6-13(18)9-17(11)24(20,21)19-12(2)15-10-14(22-3)7-8-16(15)23-4/h5-10,12,19H,1-4H3/t12-/m1/s1. The van der Waals surface area contributed by atoms with Crippen molar-refractivity contribution in [2.24, 2.45) is 0 Å². The molecule has 0 amide bonds. The summed E-state index contributed by atoms with van der Waals surface area (Å²) in [4.78, 5) is 0.241. The van der Waals surface area contributed by atoms with Crippen molar-refractivity contribution in [3.8, 4) is 11.5 Å². The van der Waals surface area contributed by atoms with Crippen LogP contribution < -0.4 is 14.2 Å². The third kappa shape index (κ3) is 4.09. The van der Waals surface area contributed by atoms with Crippen molar-refractivity contribution in [3.05, 3.63) is 52.0 Å². The molecule has 0 saturated heterocycles. The van der Waals surface area contributed by atoms with Gasteiger partial charge in [0.2, 0.25) is 10.0 Å². The molecule has 0 heterocycles. The van der Waals surface area contributed by atoms with Gasteiger partial charge in [0.15, 0.2) is 0 Å². The number of sulfonamides is 1. The summed E-state index contributed by atoms with van der Waals surface area (Å²) in [6, 6.07) is 9.95. The molecule has 0 unspecified atom stereocenters. The number of methoxy groups -OCH3 is 2. The van der Waals surface area contributed by atoms with Gasteiger partial charge in [-0.25, -0.2) is 13.1 Å². The van der Waals surface area contributed by atoms with Gasteiger partial charge in [-0.2, -0.15) is 0 Å². The Morgan fingerprint density at radius 1 is 1.08 bits per heavy atom. The second-order valence-electron chi connectivity index (χ2n) is 5.36. The second kappa shape index (κ2) is 7.55. The normalized spacial score (nSPS) is 12.7. The Hall–Kier alpha value is -1.57. The number of hydrogen-bond donors (Lipinski definition) is 1. The first-order chi connectivity index (χ1) is 11.3. The lowest BCUT2D eigenvalue weighted by atomic mass is 10.1. The fourth-order valence-electron chi connectivity index (χ4n) is 2.40. The van der Waals surface area contributed by atoms with E-state index in [1.807, 2.05) is 6.07 Å². The van der Waals surface area contributed by atoms with Crippen molar-refractivity contribution in [1.82, 2.24) is 4.72 Å². The van der Waals surface area contributed by atoms with Crippen molar-refractivity contribution >= 4 is 26.0 Å². The Bertz CT molecular complexity index is 836. The molecule has 0 aromatic heterocycles. The van der Waals surface area contributed by atoms with Gasteiger partial charge < -0.3 is 9.47 Å². The molecule has 1 N–H and O–H groups in total. The maximum absolute atomic E-state index is 12.7. The molecular formula is C17H20BrNO4S. The van der Waals surface area contributed by atoms with Gasteiger partial charge in [0.05, 0.1) is 19.1 Å². The van der Waals surface area contributed by atoms with Gasteiger partial charge in [-0.3, -0.25) is 0 Å². The van der Waals surface area contributed by atoms with Gasteiger partial charge in [0.25, 0.3) is 0 Å². The lowest BCUT2D eigenvalue weighted by Crippen LogP contribution is -2.27. The molecule has 0 radical (unpaired) electrons. The van der Waals surface area contributed by atoms with Gasteiger partial charge in [0, 0.05) is 16.1 Å². The van der Waals surface area contributed by atoms with Crippen molar-refractivity contribution in [2.75, 3.05) is 14.2 Å². The van der Waals surface area contributed by atoms with Crippen molar-refractivity contribution in [2.45, 2.75) is 24.8 Å². The maximum atomic E-state index is 12.7. The van der Waals surface area contributed by atoms with E-state index in [1.165, 1.54) is 0 Å². The quantitative estimate of drug-likeness (QED) is 0.781. The van der Waals surface area contributed by atoms with Crippen molar-refractivity contribution in [3.63, 3.8) is 0 Å². The average molecular weight is 414 g/mol. The molecule has 2 aromatic carbocycles. The van der Waals surface area contributed by atoms with Crippen molar-refractivity contribution in [1.29, 1.82) is 0 Å². The third-order valence-corrected chi connectivity index (χ3v) is 5.85. The van der Waals surface area contributed by atoms with E-state index in [0.717, 1.165) is 0 Å². The maximum Gasteiger partial charge on any atom is 0.241 e. The molecule has 0 saturated carbocycles. The Morgan fingerprint density at radius 2 is 1.79 bits per heavy atom. The van der Waals surface area contributed by atoms with Gasteiger partial charge in [0.1, 0.15) is 11.5 Å². The minimum absolute atomic E-state index is 0.241. The zero-order valence-corrected chi connectivity index (χ0v) is 16.4. The van der Waals surface area contributed by atoms with Crippen LogP contribution in [0.1, 0.15) is 24.1 Å². The van der Waals surface area contributed by atoms with Gasteiger partial charge in [-0.1, -0.05) is 22.0 Å². The highest BCUT2D eigenvalue weighted by atomic mass is 79.9. The topological polar surface area (TPSA) is 64.6 Å². The Morgan fingerprint density at radius 3 is 2.42 bits per heavy atom. The highest BCUT2D eigenvalue weighted by Crippen LogP contribution is 2.30. The zero-order chi connectivity index (χ0) is 17.9. The first-order valence-corrected chi connectivity index (χ1v) is 9.56. The number of benzene rings is 2. The molecular weight excluding hydrogens is 394 g/mol. The predicted octanol–water partition coefficient (Wildman–Crippen LogP) is 3.81. The Kier molecular flexibility index (Phi) is 5.90. The molecule has 0 aliphatic carbocycles. The molecule has 2 rings (SSSR count). The summed E-state index contributed by atoms with van der Waals surface area (Å²) in [5.41, 5.74) is 1.38. The molecule has 0 aliphatic heterocycles. The Labute approximate surface area is 151 Å². The van der Waals surface area contributed by atoms with E-state index >= 15 is 0 Å². The summed E-state index contributed by atoms with van der Waals surface area (Å²) in [5.74, 6) is 1.23. The Balaban J connectivity index is 2.38. The summed E-state index contributed by atoms with van der Waals surface area (Å²) in [5, 5.41) is 0. The minimum atomic E-state index is -3.68. The number of nitrogens with one attached hydrogen (secondary N) is 1. The first kappa shape index (κ1) is 18.8. The highest BCUT2D eigenvalue weighted by Gasteiger charge is 2.22. The summed E-state index contributed by atoms with van der Waals surface area (Å²) >= 11 is 3.31. The number of halogens is 1. The zero-order valence-electron chi connectivity index (χ0n) is 14.0. The largest absolute Gasteiger partial charge is 0.497 e. The summed E-state index contributed by atoms with van der Waals surface area (Å²) in [7, 11) is -0.574. The molecule has 24 heavy (non-hydrogen) atoms. The van der Waals surface area contributed by atoms with Crippen LogP contribution in [0.4, 0.5) is 0 Å². The predicted molar refractivity (Wildman–Crippen MR) is 97.2 cm³/mol. The van der Waals surface area contributed by atoms with E-state index in [9.17, 15) is 8.42 Å². The molecule has 0 spiro atoms.